The van der Waals surface area contributed by atoms with E-state index in [4.69, 9.17) is 21.1 Å². The number of halogens is 1. The fourth-order valence-corrected chi connectivity index (χ4v) is 7.11. The highest BCUT2D eigenvalue weighted by Crippen LogP contribution is 2.65. The summed E-state index contributed by atoms with van der Waals surface area (Å²) in [7, 11) is 0. The summed E-state index contributed by atoms with van der Waals surface area (Å²) in [6, 6.07) is 5.19. The number of aliphatic hydroxyl groups is 1. The van der Waals surface area contributed by atoms with E-state index in [0.29, 0.717) is 23.6 Å². The molecule has 1 aromatic carbocycles. The number of fused-ring (bicyclic) bond motifs is 1. The van der Waals surface area contributed by atoms with Gasteiger partial charge in [-0.15, -0.1) is 6.58 Å². The van der Waals surface area contributed by atoms with Crippen LogP contribution in [0.15, 0.2) is 49.6 Å². The smallest absolute Gasteiger partial charge is 0.313 e. The zero-order valence-electron chi connectivity index (χ0n) is 23.1. The number of esters is 1. The Morgan fingerprint density at radius 1 is 1.28 bits per heavy atom. The summed E-state index contributed by atoms with van der Waals surface area (Å²) in [6.07, 6.45) is 4.00. The van der Waals surface area contributed by atoms with Crippen molar-refractivity contribution < 1.29 is 29.0 Å². The highest BCUT2D eigenvalue weighted by atomic mass is 35.5. The van der Waals surface area contributed by atoms with Gasteiger partial charge in [-0.05, 0) is 55.9 Å². The monoisotopic (exact) mass is 558 g/mol. The third-order valence-electron chi connectivity index (χ3n) is 8.65. The first kappa shape index (κ1) is 29.3. The number of nitrogens with zero attached hydrogens (tertiary/aromatic N) is 2. The Labute approximate surface area is 235 Å². The number of rotatable bonds is 11. The minimum absolute atomic E-state index is 0.00999. The summed E-state index contributed by atoms with van der Waals surface area (Å²) in [5.74, 6) is -3.05. The van der Waals surface area contributed by atoms with E-state index in [-0.39, 0.29) is 43.4 Å². The molecular weight excluding hydrogens is 520 g/mol. The van der Waals surface area contributed by atoms with Gasteiger partial charge in [-0.1, -0.05) is 51.1 Å². The molecule has 7 atom stereocenters. The topological polar surface area (TPSA) is 96.4 Å². The Morgan fingerprint density at radius 3 is 2.51 bits per heavy atom. The Hall–Kier alpha value is -2.68. The molecule has 1 aromatic rings. The van der Waals surface area contributed by atoms with E-state index in [1.54, 1.807) is 35.2 Å². The number of benzene rings is 1. The molecule has 3 heterocycles. The summed E-state index contributed by atoms with van der Waals surface area (Å²) < 4.78 is 12.2. The van der Waals surface area contributed by atoms with E-state index < -0.39 is 41.1 Å². The van der Waals surface area contributed by atoms with Crippen LogP contribution in [0.5, 0.6) is 0 Å². The quantitative estimate of drug-likeness (QED) is 0.326. The summed E-state index contributed by atoms with van der Waals surface area (Å²) in [5, 5.41) is 11.0. The van der Waals surface area contributed by atoms with Crippen LogP contribution in [0, 0.1) is 23.7 Å². The molecule has 0 aliphatic carbocycles. The van der Waals surface area contributed by atoms with Crippen LogP contribution >= 0.6 is 11.6 Å². The second kappa shape index (κ2) is 11.1. The van der Waals surface area contributed by atoms with Crippen LogP contribution in [0.2, 0.25) is 5.02 Å². The number of anilines is 1. The Morgan fingerprint density at radius 2 is 1.95 bits per heavy atom. The molecule has 3 fully saturated rings. The summed E-state index contributed by atoms with van der Waals surface area (Å²) in [6.45, 7) is 15.1. The predicted octanol–water partition coefficient (Wildman–Crippen LogP) is 4.01. The normalized spacial score (nSPS) is 31.8. The first-order valence-electron chi connectivity index (χ1n) is 13.5. The van der Waals surface area contributed by atoms with E-state index in [9.17, 15) is 19.5 Å². The minimum atomic E-state index is -1.25. The molecule has 1 spiro atoms. The van der Waals surface area contributed by atoms with Crippen LogP contribution in [0.4, 0.5) is 5.69 Å². The highest BCUT2D eigenvalue weighted by molar-refractivity contribution is 6.30. The van der Waals surface area contributed by atoms with Crippen molar-refractivity contribution in [2.45, 2.75) is 63.8 Å². The fourth-order valence-electron chi connectivity index (χ4n) is 6.98. The van der Waals surface area contributed by atoms with E-state index >= 15 is 0 Å². The molecule has 2 amide bonds. The number of hydrogen-bond acceptors (Lipinski definition) is 6. The Balaban J connectivity index is 1.87. The summed E-state index contributed by atoms with van der Waals surface area (Å²) in [4.78, 5) is 45.5. The largest absolute Gasteiger partial charge is 0.461 e. The van der Waals surface area contributed by atoms with Crippen molar-refractivity contribution in [2.75, 3.05) is 24.7 Å². The van der Waals surface area contributed by atoms with Gasteiger partial charge in [0.2, 0.25) is 5.91 Å². The number of ether oxygens (including phenoxy) is 2. The van der Waals surface area contributed by atoms with Crippen molar-refractivity contribution in [3.63, 3.8) is 0 Å². The molecule has 0 radical (unpaired) electrons. The van der Waals surface area contributed by atoms with Crippen LogP contribution in [0.25, 0.3) is 0 Å². The molecular formula is C30H39ClN2O6. The van der Waals surface area contributed by atoms with Gasteiger partial charge in [-0.3, -0.25) is 14.4 Å². The fraction of sp³-hybridized carbons (Fsp3) is 0.567. The lowest BCUT2D eigenvalue weighted by atomic mass is 9.62. The molecule has 9 heteroatoms. The number of aliphatic hydroxyl groups excluding tert-OH is 1. The third kappa shape index (κ3) is 4.70. The first-order chi connectivity index (χ1) is 18.5. The second-order valence-corrected chi connectivity index (χ2v) is 12.0. The molecule has 3 aliphatic rings. The zero-order valence-corrected chi connectivity index (χ0v) is 23.9. The van der Waals surface area contributed by atoms with Gasteiger partial charge in [0, 0.05) is 17.3 Å². The average Bonchev–Trinajstić information content (AvgIpc) is 3.41. The van der Waals surface area contributed by atoms with Crippen LogP contribution in [0.1, 0.15) is 40.5 Å². The van der Waals surface area contributed by atoms with Crippen molar-refractivity contribution in [2.24, 2.45) is 23.7 Å². The van der Waals surface area contributed by atoms with Gasteiger partial charge in [0.25, 0.3) is 5.91 Å². The molecule has 0 aromatic heterocycles. The molecule has 4 rings (SSSR count). The van der Waals surface area contributed by atoms with Crippen molar-refractivity contribution in [3.05, 3.63) is 54.6 Å². The number of hydrogen-bond donors (Lipinski definition) is 1. The number of amides is 2. The van der Waals surface area contributed by atoms with Crippen LogP contribution in [0.3, 0.4) is 0 Å². The third-order valence-corrected chi connectivity index (χ3v) is 8.90. The lowest BCUT2D eigenvalue weighted by Gasteiger charge is -2.40. The SMILES string of the molecule is C=CCOC(=O)[C@@H]1[C@H]2C(=O)N([C@@H](CO)CC(C)C)C(C(=O)N(CC=C)c3ccc(Cl)cc3)C23CC(C)[C@@]1(C)O3. The minimum Gasteiger partial charge on any atom is -0.461 e. The molecule has 3 aliphatic heterocycles. The van der Waals surface area contributed by atoms with Gasteiger partial charge in [0.15, 0.2) is 0 Å². The maximum Gasteiger partial charge on any atom is 0.313 e. The average molecular weight is 559 g/mol. The lowest BCUT2D eigenvalue weighted by molar-refractivity contribution is -0.161. The molecule has 3 saturated heterocycles. The number of carbonyl (C=O) groups is 3. The molecule has 0 saturated carbocycles. The van der Waals surface area contributed by atoms with E-state index in [0.717, 1.165) is 0 Å². The number of likely N-dealkylation sites (tertiary alicyclic amines) is 1. The molecule has 8 nitrogen and oxygen atoms in total. The van der Waals surface area contributed by atoms with Crippen LogP contribution < -0.4 is 4.90 Å². The molecule has 39 heavy (non-hydrogen) atoms. The number of carbonyl (C=O) groups excluding carboxylic acids is 3. The maximum atomic E-state index is 14.6. The second-order valence-electron chi connectivity index (χ2n) is 11.5. The molecule has 1 N–H and O–H groups in total. The molecule has 3 unspecified atom stereocenters. The van der Waals surface area contributed by atoms with Crippen molar-refractivity contribution in [1.82, 2.24) is 4.90 Å². The summed E-state index contributed by atoms with van der Waals surface area (Å²) in [5.41, 5.74) is -1.65. The van der Waals surface area contributed by atoms with Gasteiger partial charge in [0.05, 0.1) is 24.2 Å². The molecule has 212 valence electrons. The highest BCUT2D eigenvalue weighted by Gasteiger charge is 2.80. The van der Waals surface area contributed by atoms with Gasteiger partial charge >= 0.3 is 5.97 Å². The Bertz CT molecular complexity index is 1140. The van der Waals surface area contributed by atoms with Gasteiger partial charge in [0.1, 0.15) is 24.2 Å². The van der Waals surface area contributed by atoms with Crippen molar-refractivity contribution in [3.8, 4) is 0 Å². The van der Waals surface area contributed by atoms with E-state index in [1.165, 1.54) is 11.0 Å². The Kier molecular flexibility index (Phi) is 8.31. The van der Waals surface area contributed by atoms with Crippen molar-refractivity contribution >= 4 is 35.1 Å². The first-order valence-corrected chi connectivity index (χ1v) is 13.9. The van der Waals surface area contributed by atoms with Crippen LogP contribution in [-0.2, 0) is 23.9 Å². The van der Waals surface area contributed by atoms with E-state index in [1.807, 2.05) is 27.7 Å². The standard InChI is InChI=1S/C30H39ClN2O6/c1-7-13-32(21-11-9-20(31)10-12-21)27(36)25-30-16-19(5)29(6,39-30)24(28(37)38-14-8-2)23(30)26(35)33(25)22(17-34)15-18(3)4/h7-12,18-19,22-25,34H,1-2,13-17H2,3-6H3/t19?,22-,23+,24+,25?,29-,30?/m1/s1. The van der Waals surface area contributed by atoms with Gasteiger partial charge < -0.3 is 24.4 Å². The van der Waals surface area contributed by atoms with Gasteiger partial charge in [-0.25, -0.2) is 0 Å². The molecule has 2 bridgehead atoms. The zero-order chi connectivity index (χ0) is 28.7. The van der Waals surface area contributed by atoms with Gasteiger partial charge in [-0.2, -0.15) is 0 Å². The van der Waals surface area contributed by atoms with E-state index in [2.05, 4.69) is 13.2 Å². The summed E-state index contributed by atoms with van der Waals surface area (Å²) >= 11 is 6.11. The maximum absolute atomic E-state index is 14.6. The predicted molar refractivity (Wildman–Crippen MR) is 149 cm³/mol. The van der Waals surface area contributed by atoms with Crippen LogP contribution in [-0.4, -0.2) is 70.8 Å². The van der Waals surface area contributed by atoms with Crippen molar-refractivity contribution in [1.29, 1.82) is 0 Å². The lowest BCUT2D eigenvalue weighted by Crippen LogP contribution is -2.59.